The summed E-state index contributed by atoms with van der Waals surface area (Å²) in [5, 5.41) is 14.1. The van der Waals surface area contributed by atoms with Crippen molar-refractivity contribution in [3.05, 3.63) is 30.6 Å². The van der Waals surface area contributed by atoms with Crippen LogP contribution in [0.1, 0.15) is 12.8 Å². The number of amides is 1. The quantitative estimate of drug-likeness (QED) is 0.903. The Morgan fingerprint density at radius 3 is 3.00 bits per heavy atom. The standard InChI is InChI=1S/C14H17N5O.ClH/c1-19-9-16-18-13(19)10-4-2-5-11(8-10)17-14(20)12-6-3-7-15-12;/h2,4-5,8-9,12,15H,3,6-7H2,1H3,(H,17,20);1H/t12-;/m0./s1. The molecule has 1 saturated heterocycles. The van der Waals surface area contributed by atoms with E-state index in [0.29, 0.717) is 0 Å². The lowest BCUT2D eigenvalue weighted by Gasteiger charge is -2.11. The lowest BCUT2D eigenvalue weighted by Crippen LogP contribution is -2.35. The number of benzene rings is 1. The number of rotatable bonds is 3. The Bertz CT molecular complexity index is 621. The minimum Gasteiger partial charge on any atom is -0.325 e. The van der Waals surface area contributed by atoms with Crippen LogP contribution in [0.3, 0.4) is 0 Å². The van der Waals surface area contributed by atoms with Crippen LogP contribution in [0.2, 0.25) is 0 Å². The molecule has 1 amide bonds. The van der Waals surface area contributed by atoms with Crippen LogP contribution in [-0.4, -0.2) is 33.3 Å². The first-order valence-electron chi connectivity index (χ1n) is 6.73. The van der Waals surface area contributed by atoms with E-state index >= 15 is 0 Å². The Hall–Kier alpha value is -1.92. The zero-order valence-corrected chi connectivity index (χ0v) is 12.6. The molecule has 1 aliphatic heterocycles. The molecule has 1 atom stereocenters. The molecule has 0 spiro atoms. The fraction of sp³-hybridized carbons (Fsp3) is 0.357. The predicted octanol–water partition coefficient (Wildman–Crippen LogP) is 1.59. The topological polar surface area (TPSA) is 71.8 Å². The summed E-state index contributed by atoms with van der Waals surface area (Å²) < 4.78 is 1.85. The second kappa shape index (κ2) is 6.69. The molecule has 1 fully saturated rings. The lowest BCUT2D eigenvalue weighted by atomic mass is 10.1. The number of aryl methyl sites for hydroxylation is 1. The van der Waals surface area contributed by atoms with Crippen molar-refractivity contribution >= 4 is 24.0 Å². The summed E-state index contributed by atoms with van der Waals surface area (Å²) in [5.74, 6) is 0.803. The summed E-state index contributed by atoms with van der Waals surface area (Å²) in [5.41, 5.74) is 1.71. The molecule has 2 aromatic rings. The van der Waals surface area contributed by atoms with E-state index in [4.69, 9.17) is 0 Å². The van der Waals surface area contributed by atoms with Crippen molar-refractivity contribution in [1.82, 2.24) is 20.1 Å². The van der Waals surface area contributed by atoms with Gasteiger partial charge in [0.15, 0.2) is 5.82 Å². The normalized spacial score (nSPS) is 17.3. The summed E-state index contributed by atoms with van der Waals surface area (Å²) in [6.45, 7) is 0.914. The highest BCUT2D eigenvalue weighted by Crippen LogP contribution is 2.20. The van der Waals surface area contributed by atoms with Crippen molar-refractivity contribution in [3.63, 3.8) is 0 Å². The highest BCUT2D eigenvalue weighted by Gasteiger charge is 2.21. The number of nitrogens with one attached hydrogen (secondary N) is 2. The van der Waals surface area contributed by atoms with Crippen LogP contribution < -0.4 is 10.6 Å². The third kappa shape index (κ3) is 3.40. The molecule has 1 aliphatic rings. The molecule has 112 valence electrons. The lowest BCUT2D eigenvalue weighted by molar-refractivity contribution is -0.117. The third-order valence-electron chi connectivity index (χ3n) is 3.48. The van der Waals surface area contributed by atoms with Crippen molar-refractivity contribution in [1.29, 1.82) is 0 Å². The largest absolute Gasteiger partial charge is 0.325 e. The van der Waals surface area contributed by atoms with Crippen LogP contribution in [-0.2, 0) is 11.8 Å². The van der Waals surface area contributed by atoms with Gasteiger partial charge in [0.1, 0.15) is 6.33 Å². The number of carbonyl (C=O) groups excluding carboxylic acids is 1. The zero-order valence-electron chi connectivity index (χ0n) is 11.7. The fourth-order valence-corrected chi connectivity index (χ4v) is 2.42. The SMILES string of the molecule is Cl.Cn1cnnc1-c1cccc(NC(=O)[C@@H]2CCCN2)c1. The molecule has 1 aromatic carbocycles. The highest BCUT2D eigenvalue weighted by atomic mass is 35.5. The zero-order chi connectivity index (χ0) is 13.9. The number of hydrogen-bond acceptors (Lipinski definition) is 4. The van der Waals surface area contributed by atoms with E-state index in [1.807, 2.05) is 35.9 Å². The van der Waals surface area contributed by atoms with Gasteiger partial charge in [-0.15, -0.1) is 22.6 Å². The maximum atomic E-state index is 12.1. The minimum atomic E-state index is -0.0755. The summed E-state index contributed by atoms with van der Waals surface area (Å²) in [6, 6.07) is 7.58. The van der Waals surface area contributed by atoms with Crippen molar-refractivity contribution in [3.8, 4) is 11.4 Å². The summed E-state index contributed by atoms with van der Waals surface area (Å²) in [6.07, 6.45) is 3.61. The number of aromatic nitrogens is 3. The van der Waals surface area contributed by atoms with Gasteiger partial charge >= 0.3 is 0 Å². The number of carbonyl (C=O) groups is 1. The van der Waals surface area contributed by atoms with Gasteiger partial charge < -0.3 is 15.2 Å². The van der Waals surface area contributed by atoms with Crippen LogP contribution >= 0.6 is 12.4 Å². The smallest absolute Gasteiger partial charge is 0.241 e. The first-order valence-corrected chi connectivity index (χ1v) is 6.73. The molecule has 0 radical (unpaired) electrons. The number of anilines is 1. The number of nitrogens with zero attached hydrogens (tertiary/aromatic N) is 3. The van der Waals surface area contributed by atoms with Gasteiger partial charge in [0.25, 0.3) is 0 Å². The van der Waals surface area contributed by atoms with Gasteiger partial charge in [-0.05, 0) is 31.5 Å². The van der Waals surface area contributed by atoms with Gasteiger partial charge in [-0.1, -0.05) is 12.1 Å². The minimum absolute atomic E-state index is 0. The van der Waals surface area contributed by atoms with Gasteiger partial charge in [0.2, 0.25) is 5.91 Å². The average Bonchev–Trinajstić information content (AvgIpc) is 3.10. The maximum absolute atomic E-state index is 12.1. The first kappa shape index (κ1) is 15.5. The monoisotopic (exact) mass is 307 g/mol. The number of halogens is 1. The second-order valence-electron chi connectivity index (χ2n) is 4.98. The Kier molecular flexibility index (Phi) is 4.93. The molecular weight excluding hydrogens is 290 g/mol. The van der Waals surface area contributed by atoms with E-state index in [0.717, 1.165) is 36.5 Å². The summed E-state index contributed by atoms with van der Waals surface area (Å²) in [7, 11) is 1.89. The van der Waals surface area contributed by atoms with Gasteiger partial charge in [-0.3, -0.25) is 4.79 Å². The van der Waals surface area contributed by atoms with Crippen molar-refractivity contribution in [2.45, 2.75) is 18.9 Å². The molecule has 7 heteroatoms. The maximum Gasteiger partial charge on any atom is 0.241 e. The Morgan fingerprint density at radius 1 is 1.48 bits per heavy atom. The Labute approximate surface area is 129 Å². The predicted molar refractivity (Wildman–Crippen MR) is 83.3 cm³/mol. The van der Waals surface area contributed by atoms with Crippen LogP contribution in [0.15, 0.2) is 30.6 Å². The van der Waals surface area contributed by atoms with E-state index in [2.05, 4.69) is 20.8 Å². The Balaban J connectivity index is 0.00000161. The Morgan fingerprint density at radius 2 is 2.33 bits per heavy atom. The van der Waals surface area contributed by atoms with Crippen LogP contribution in [0.5, 0.6) is 0 Å². The molecule has 2 N–H and O–H groups in total. The summed E-state index contributed by atoms with van der Waals surface area (Å²) in [4.78, 5) is 12.1. The van der Waals surface area contributed by atoms with E-state index in [-0.39, 0.29) is 24.4 Å². The van der Waals surface area contributed by atoms with Gasteiger partial charge in [0.05, 0.1) is 6.04 Å². The van der Waals surface area contributed by atoms with Crippen LogP contribution in [0.25, 0.3) is 11.4 Å². The molecule has 0 saturated carbocycles. The molecule has 3 rings (SSSR count). The third-order valence-corrected chi connectivity index (χ3v) is 3.48. The van der Waals surface area contributed by atoms with Crippen molar-refractivity contribution in [2.24, 2.45) is 7.05 Å². The van der Waals surface area contributed by atoms with E-state index in [1.165, 1.54) is 0 Å². The fourth-order valence-electron chi connectivity index (χ4n) is 2.42. The second-order valence-corrected chi connectivity index (χ2v) is 4.98. The molecule has 0 unspecified atom stereocenters. The first-order chi connectivity index (χ1) is 9.74. The van der Waals surface area contributed by atoms with Gasteiger partial charge in [-0.25, -0.2) is 0 Å². The molecule has 0 aliphatic carbocycles. The van der Waals surface area contributed by atoms with Gasteiger partial charge in [0, 0.05) is 18.3 Å². The molecule has 2 heterocycles. The molecule has 21 heavy (non-hydrogen) atoms. The highest BCUT2D eigenvalue weighted by molar-refractivity contribution is 5.95. The molecule has 6 nitrogen and oxygen atoms in total. The van der Waals surface area contributed by atoms with Crippen LogP contribution in [0, 0.1) is 0 Å². The van der Waals surface area contributed by atoms with E-state index in [1.54, 1.807) is 6.33 Å². The summed E-state index contributed by atoms with van der Waals surface area (Å²) >= 11 is 0. The number of hydrogen-bond donors (Lipinski definition) is 2. The van der Waals surface area contributed by atoms with Crippen LogP contribution in [0.4, 0.5) is 5.69 Å². The van der Waals surface area contributed by atoms with E-state index in [9.17, 15) is 4.79 Å². The van der Waals surface area contributed by atoms with E-state index < -0.39 is 0 Å². The molecular formula is C14H18ClN5O. The average molecular weight is 308 g/mol. The van der Waals surface area contributed by atoms with Crippen molar-refractivity contribution in [2.75, 3.05) is 11.9 Å². The van der Waals surface area contributed by atoms with Gasteiger partial charge in [-0.2, -0.15) is 0 Å². The molecule has 1 aromatic heterocycles. The van der Waals surface area contributed by atoms with Crippen molar-refractivity contribution < 1.29 is 4.79 Å². The molecule has 0 bridgehead atoms.